The number of fused-ring (bicyclic) bond motifs is 4. The summed E-state index contributed by atoms with van der Waals surface area (Å²) in [6, 6.07) is 59.0. The van der Waals surface area contributed by atoms with Crippen LogP contribution in [0.5, 0.6) is 0 Å². The van der Waals surface area contributed by atoms with Gasteiger partial charge in [0.2, 0.25) is 0 Å². The molecule has 4 aliphatic carbocycles. The Hall–Kier alpha value is -5.66. The molecule has 0 unspecified atom stereocenters. The molecule has 0 aromatic heterocycles. The monoisotopic (exact) mass is 807 g/mol. The van der Waals surface area contributed by atoms with Crippen LogP contribution in [0.15, 0.2) is 152 Å². The maximum atomic E-state index is 2.58. The van der Waals surface area contributed by atoms with Crippen LogP contribution < -0.4 is 4.90 Å². The average Bonchev–Trinajstić information content (AvgIpc) is 3.57. The highest BCUT2D eigenvalue weighted by molar-refractivity contribution is 5.88. The molecule has 0 aliphatic heterocycles. The Labute approximate surface area is 370 Å². The lowest BCUT2D eigenvalue weighted by Gasteiger charge is -2.32. The van der Waals surface area contributed by atoms with E-state index >= 15 is 0 Å². The summed E-state index contributed by atoms with van der Waals surface area (Å²) in [5.74, 6) is 1.46. The second-order valence-electron chi connectivity index (χ2n) is 19.6. The van der Waals surface area contributed by atoms with Crippen molar-refractivity contribution in [2.75, 3.05) is 4.90 Å². The molecule has 0 N–H and O–H groups in total. The van der Waals surface area contributed by atoms with Gasteiger partial charge in [0.15, 0.2) is 0 Å². The minimum Gasteiger partial charge on any atom is -0.310 e. The molecular formula is C61H61N. The highest BCUT2D eigenvalue weighted by atomic mass is 15.1. The van der Waals surface area contributed by atoms with Crippen molar-refractivity contribution < 1.29 is 0 Å². The van der Waals surface area contributed by atoms with Gasteiger partial charge in [-0.3, -0.25) is 0 Å². The Bertz CT molecular complexity index is 2700. The highest BCUT2D eigenvalue weighted by Crippen LogP contribution is 2.52. The summed E-state index contributed by atoms with van der Waals surface area (Å²) < 4.78 is 0. The van der Waals surface area contributed by atoms with E-state index in [1.165, 1.54) is 172 Å². The van der Waals surface area contributed by atoms with Crippen molar-refractivity contribution in [1.82, 2.24) is 0 Å². The largest absolute Gasteiger partial charge is 0.310 e. The van der Waals surface area contributed by atoms with E-state index in [-0.39, 0.29) is 5.41 Å². The van der Waals surface area contributed by atoms with Gasteiger partial charge in [0.25, 0.3) is 0 Å². The molecule has 0 saturated heterocycles. The van der Waals surface area contributed by atoms with Gasteiger partial charge < -0.3 is 4.90 Å². The highest BCUT2D eigenvalue weighted by Gasteiger charge is 2.36. The molecule has 2 fully saturated rings. The molecule has 7 aromatic carbocycles. The van der Waals surface area contributed by atoms with Crippen molar-refractivity contribution in [2.24, 2.45) is 0 Å². The molecule has 310 valence electrons. The van der Waals surface area contributed by atoms with E-state index < -0.39 is 0 Å². The average molecular weight is 808 g/mol. The molecule has 7 aromatic rings. The first-order chi connectivity index (χ1) is 30.5. The van der Waals surface area contributed by atoms with Gasteiger partial charge >= 0.3 is 0 Å². The third-order valence-electron chi connectivity index (χ3n) is 15.5. The number of benzene rings is 7. The first-order valence-corrected chi connectivity index (χ1v) is 24.1. The minimum absolute atomic E-state index is 0.0776. The Kier molecular flexibility index (Phi) is 10.5. The van der Waals surface area contributed by atoms with Crippen molar-refractivity contribution in [3.05, 3.63) is 185 Å². The molecule has 2 saturated carbocycles. The maximum absolute atomic E-state index is 2.58. The van der Waals surface area contributed by atoms with Crippen LogP contribution in [-0.2, 0) is 18.3 Å². The third kappa shape index (κ3) is 7.22. The first-order valence-electron chi connectivity index (χ1n) is 24.1. The zero-order valence-electron chi connectivity index (χ0n) is 36.9. The first kappa shape index (κ1) is 39.2. The second kappa shape index (κ2) is 16.6. The van der Waals surface area contributed by atoms with Crippen molar-refractivity contribution in [3.63, 3.8) is 0 Å². The Balaban J connectivity index is 0.977. The topological polar surface area (TPSA) is 3.24 Å². The van der Waals surface area contributed by atoms with E-state index in [9.17, 15) is 0 Å². The number of nitrogens with zero attached hydrogens (tertiary/aromatic N) is 1. The zero-order chi connectivity index (χ0) is 41.6. The number of hydrogen-bond donors (Lipinski definition) is 0. The zero-order valence-corrected chi connectivity index (χ0v) is 36.9. The van der Waals surface area contributed by atoms with Gasteiger partial charge in [0, 0.05) is 22.5 Å². The van der Waals surface area contributed by atoms with Crippen molar-refractivity contribution >= 4 is 17.1 Å². The van der Waals surface area contributed by atoms with Crippen molar-refractivity contribution in [3.8, 4) is 44.5 Å². The number of hydrogen-bond acceptors (Lipinski definition) is 1. The van der Waals surface area contributed by atoms with E-state index in [0.29, 0.717) is 0 Å². The summed E-state index contributed by atoms with van der Waals surface area (Å²) in [4.78, 5) is 2.58. The lowest BCUT2D eigenvalue weighted by Crippen LogP contribution is -2.18. The van der Waals surface area contributed by atoms with Gasteiger partial charge in [-0.05, 0) is 177 Å². The molecule has 11 rings (SSSR count). The third-order valence-corrected chi connectivity index (χ3v) is 15.5. The van der Waals surface area contributed by atoms with Crippen LogP contribution in [0.1, 0.15) is 136 Å². The van der Waals surface area contributed by atoms with Crippen LogP contribution in [0.4, 0.5) is 17.1 Å². The molecule has 0 heterocycles. The van der Waals surface area contributed by atoms with E-state index in [4.69, 9.17) is 0 Å². The fraction of sp³-hybridized carbons (Fsp3) is 0.311. The summed E-state index contributed by atoms with van der Waals surface area (Å²) in [5, 5.41) is 0. The normalized spacial score (nSPS) is 17.3. The predicted molar refractivity (Wildman–Crippen MR) is 263 cm³/mol. The molecule has 0 spiro atoms. The Morgan fingerprint density at radius 1 is 0.387 bits per heavy atom. The lowest BCUT2D eigenvalue weighted by atomic mass is 9.82. The molecule has 1 heteroatoms. The van der Waals surface area contributed by atoms with E-state index in [1.54, 1.807) is 0 Å². The summed E-state index contributed by atoms with van der Waals surface area (Å²) in [6.07, 6.45) is 18.3. The predicted octanol–water partition coefficient (Wildman–Crippen LogP) is 17.4. The fourth-order valence-corrected chi connectivity index (χ4v) is 12.0. The summed E-state index contributed by atoms with van der Waals surface area (Å²) in [5.41, 5.74) is 23.2. The van der Waals surface area contributed by atoms with Gasteiger partial charge in [0.1, 0.15) is 0 Å². The summed E-state index contributed by atoms with van der Waals surface area (Å²) in [6.45, 7) is 4.80. The summed E-state index contributed by atoms with van der Waals surface area (Å²) in [7, 11) is 0. The second-order valence-corrected chi connectivity index (χ2v) is 19.6. The molecule has 0 bridgehead atoms. The van der Waals surface area contributed by atoms with Gasteiger partial charge in [-0.25, -0.2) is 0 Å². The van der Waals surface area contributed by atoms with Crippen molar-refractivity contribution in [2.45, 2.75) is 121 Å². The van der Waals surface area contributed by atoms with Crippen LogP contribution in [0.3, 0.4) is 0 Å². The van der Waals surface area contributed by atoms with Gasteiger partial charge in [0.05, 0.1) is 0 Å². The number of rotatable bonds is 8. The Morgan fingerprint density at radius 2 is 0.919 bits per heavy atom. The quantitative estimate of drug-likeness (QED) is 0.148. The van der Waals surface area contributed by atoms with E-state index in [1.807, 2.05) is 0 Å². The molecule has 0 amide bonds. The van der Waals surface area contributed by atoms with Crippen LogP contribution in [0, 0.1) is 0 Å². The Morgan fingerprint density at radius 3 is 1.58 bits per heavy atom. The molecular weight excluding hydrogens is 747 g/mol. The van der Waals surface area contributed by atoms with Crippen LogP contribution in [-0.4, -0.2) is 0 Å². The minimum atomic E-state index is -0.0776. The van der Waals surface area contributed by atoms with Crippen LogP contribution in [0.25, 0.3) is 44.5 Å². The lowest BCUT2D eigenvalue weighted by molar-refractivity contribution is 0.443. The molecule has 4 aliphatic rings. The van der Waals surface area contributed by atoms with Crippen LogP contribution >= 0.6 is 0 Å². The fourth-order valence-electron chi connectivity index (χ4n) is 12.0. The summed E-state index contributed by atoms with van der Waals surface area (Å²) >= 11 is 0. The van der Waals surface area contributed by atoms with E-state index in [0.717, 1.165) is 24.7 Å². The van der Waals surface area contributed by atoms with Gasteiger partial charge in [-0.15, -0.1) is 0 Å². The molecule has 62 heavy (non-hydrogen) atoms. The maximum Gasteiger partial charge on any atom is 0.0496 e. The number of anilines is 3. The standard InChI is InChI=1S/C61H61N/c1-61(2)58-23-12-11-21-55(58)56-37-36-52(41-59(56)61)62(51-34-32-47(33-35-51)46-26-24-44(25-27-46)42-14-5-3-6-15-42)60-39-38-53(54-20-9-10-22-57(54)60)50-19-13-18-49(40-50)48-30-28-45(29-31-48)43-16-7-4-8-17-43/h11-13,18-19,21,23-43H,3-10,14-17,20,22H2,1-2H3. The molecule has 0 radical (unpaired) electrons. The SMILES string of the molecule is CC1(C)c2ccccc2-c2ccc(N(c3ccc(-c4ccc(C5CCCCC5)cc4)cc3)c3ccc(-c4cccc(-c5ccc(C6CCCCC6)cc5)c4)c4c3CCCC4)cc21. The van der Waals surface area contributed by atoms with Crippen LogP contribution in [0.2, 0.25) is 0 Å². The van der Waals surface area contributed by atoms with Gasteiger partial charge in [-0.2, -0.15) is 0 Å². The smallest absolute Gasteiger partial charge is 0.0496 e. The van der Waals surface area contributed by atoms with Gasteiger partial charge in [-0.1, -0.05) is 168 Å². The molecule has 1 nitrogen and oxygen atoms in total. The van der Waals surface area contributed by atoms with E-state index in [2.05, 4.69) is 170 Å². The molecule has 0 atom stereocenters. The van der Waals surface area contributed by atoms with Crippen molar-refractivity contribution in [1.29, 1.82) is 0 Å².